The van der Waals surface area contributed by atoms with Crippen LogP contribution in [0.25, 0.3) is 22.3 Å². The summed E-state index contributed by atoms with van der Waals surface area (Å²) in [6, 6.07) is 18.7. The third kappa shape index (κ3) is 4.79. The van der Waals surface area contributed by atoms with E-state index >= 15 is 0 Å². The zero-order chi connectivity index (χ0) is 25.8. The number of fused-ring (bicyclic) bond motifs is 1. The van der Waals surface area contributed by atoms with Gasteiger partial charge in [-0.15, -0.1) is 0 Å². The fourth-order valence-corrected chi connectivity index (χ4v) is 3.77. The van der Waals surface area contributed by atoms with Crippen LogP contribution in [0.2, 0.25) is 0 Å². The van der Waals surface area contributed by atoms with Gasteiger partial charge in [0.05, 0.1) is 19.6 Å². The van der Waals surface area contributed by atoms with Crippen molar-refractivity contribution in [3.63, 3.8) is 0 Å². The highest BCUT2D eigenvalue weighted by Gasteiger charge is 2.23. The number of para-hydroxylation sites is 1. The summed E-state index contributed by atoms with van der Waals surface area (Å²) in [5, 5.41) is 2.94. The van der Waals surface area contributed by atoms with E-state index in [0.29, 0.717) is 34.1 Å². The van der Waals surface area contributed by atoms with E-state index in [4.69, 9.17) is 18.6 Å². The van der Waals surface area contributed by atoms with E-state index in [2.05, 4.69) is 5.32 Å². The molecule has 1 heterocycles. The van der Waals surface area contributed by atoms with Gasteiger partial charge in [0.2, 0.25) is 0 Å². The molecule has 4 rings (SSSR count). The fraction of sp³-hybridized carbons (Fsp3) is 0.179. The number of benzene rings is 3. The molecule has 1 unspecified atom stereocenters. The molecule has 8 heteroatoms. The van der Waals surface area contributed by atoms with Gasteiger partial charge in [-0.2, -0.15) is 0 Å². The smallest absolute Gasteiger partial charge is 0.342 e. The predicted octanol–water partition coefficient (Wildman–Crippen LogP) is 4.97. The van der Waals surface area contributed by atoms with Crippen LogP contribution in [0.5, 0.6) is 11.5 Å². The first-order valence-electron chi connectivity index (χ1n) is 11.2. The van der Waals surface area contributed by atoms with Gasteiger partial charge in [0, 0.05) is 22.9 Å². The molecule has 1 atom stereocenters. The topological polar surface area (TPSA) is 104 Å². The highest BCUT2D eigenvalue weighted by molar-refractivity contribution is 6.04. The average molecular weight is 488 g/mol. The molecule has 3 aromatic carbocycles. The zero-order valence-corrected chi connectivity index (χ0v) is 20.3. The van der Waals surface area contributed by atoms with Gasteiger partial charge < -0.3 is 23.9 Å². The second-order valence-electron chi connectivity index (χ2n) is 8.04. The van der Waals surface area contributed by atoms with Crippen LogP contribution in [0.3, 0.4) is 0 Å². The molecule has 0 bridgehead atoms. The predicted molar refractivity (Wildman–Crippen MR) is 136 cm³/mol. The Morgan fingerprint density at radius 3 is 2.33 bits per heavy atom. The summed E-state index contributed by atoms with van der Waals surface area (Å²) in [7, 11) is 3.00. The van der Waals surface area contributed by atoms with Crippen molar-refractivity contribution in [2.75, 3.05) is 19.5 Å². The first kappa shape index (κ1) is 24.5. The molecule has 0 fully saturated rings. The summed E-state index contributed by atoms with van der Waals surface area (Å²) in [5.41, 5.74) is 1.49. The summed E-state index contributed by atoms with van der Waals surface area (Å²) >= 11 is 0. The van der Waals surface area contributed by atoms with Crippen LogP contribution < -0.4 is 20.2 Å². The van der Waals surface area contributed by atoms with Crippen molar-refractivity contribution >= 4 is 28.5 Å². The highest BCUT2D eigenvalue weighted by Crippen LogP contribution is 2.30. The molecule has 36 heavy (non-hydrogen) atoms. The fourth-order valence-electron chi connectivity index (χ4n) is 3.77. The number of anilines is 1. The van der Waals surface area contributed by atoms with Crippen molar-refractivity contribution in [2.45, 2.75) is 20.0 Å². The van der Waals surface area contributed by atoms with Crippen LogP contribution in [0.4, 0.5) is 5.69 Å². The van der Waals surface area contributed by atoms with Gasteiger partial charge in [0.25, 0.3) is 5.91 Å². The van der Waals surface area contributed by atoms with Gasteiger partial charge in [-0.1, -0.05) is 36.4 Å². The summed E-state index contributed by atoms with van der Waals surface area (Å²) in [6.07, 6.45) is -1.13. The van der Waals surface area contributed by atoms with Crippen LogP contribution in [-0.2, 0) is 9.53 Å². The standard InChI is InChI=1S/C28H25NO7/c1-16-24(30)20-11-8-12-21(26(20)36-25(16)18-9-6-5-7-10-18)28(32)35-17(2)27(31)29-19-13-14-22(33-3)23(15-19)34-4/h5-15,17H,1-4H3,(H,29,31). The Morgan fingerprint density at radius 1 is 0.917 bits per heavy atom. The zero-order valence-electron chi connectivity index (χ0n) is 20.3. The minimum Gasteiger partial charge on any atom is -0.493 e. The lowest BCUT2D eigenvalue weighted by molar-refractivity contribution is -0.123. The Hall–Kier alpha value is -4.59. The molecule has 0 saturated carbocycles. The van der Waals surface area contributed by atoms with Gasteiger partial charge >= 0.3 is 5.97 Å². The van der Waals surface area contributed by atoms with Gasteiger partial charge in [-0.3, -0.25) is 9.59 Å². The highest BCUT2D eigenvalue weighted by atomic mass is 16.5. The van der Waals surface area contributed by atoms with Crippen molar-refractivity contribution in [1.82, 2.24) is 0 Å². The summed E-state index contributed by atoms with van der Waals surface area (Å²) in [4.78, 5) is 38.8. The van der Waals surface area contributed by atoms with Crippen molar-refractivity contribution in [3.05, 3.63) is 88.1 Å². The Morgan fingerprint density at radius 2 is 1.64 bits per heavy atom. The molecule has 0 saturated heterocycles. The lowest BCUT2D eigenvalue weighted by Gasteiger charge is -2.15. The quantitative estimate of drug-likeness (QED) is 0.367. The first-order valence-corrected chi connectivity index (χ1v) is 11.2. The second-order valence-corrected chi connectivity index (χ2v) is 8.04. The van der Waals surface area contributed by atoms with Crippen molar-refractivity contribution in [1.29, 1.82) is 0 Å². The summed E-state index contributed by atoms with van der Waals surface area (Å²) in [6.45, 7) is 3.13. The first-order chi connectivity index (χ1) is 17.3. The number of nitrogens with one attached hydrogen (secondary N) is 1. The minimum atomic E-state index is -1.13. The lowest BCUT2D eigenvalue weighted by atomic mass is 10.0. The molecule has 0 aliphatic rings. The summed E-state index contributed by atoms with van der Waals surface area (Å²) < 4.78 is 21.9. The molecule has 184 valence electrons. The second kappa shape index (κ2) is 10.4. The minimum absolute atomic E-state index is 0.0487. The SMILES string of the molecule is COc1ccc(NC(=O)C(C)OC(=O)c2cccc3c(=O)c(C)c(-c4ccccc4)oc23)cc1OC. The molecular weight excluding hydrogens is 462 g/mol. The van der Waals surface area contributed by atoms with Crippen LogP contribution in [-0.4, -0.2) is 32.2 Å². The maximum atomic E-state index is 13.1. The van der Waals surface area contributed by atoms with Crippen LogP contribution in [0.15, 0.2) is 75.9 Å². The number of amides is 1. The van der Waals surface area contributed by atoms with Gasteiger partial charge in [-0.05, 0) is 38.1 Å². The molecule has 4 aromatic rings. The number of methoxy groups -OCH3 is 2. The average Bonchev–Trinajstić information content (AvgIpc) is 2.90. The molecule has 1 aromatic heterocycles. The van der Waals surface area contributed by atoms with E-state index in [-0.39, 0.29) is 22.0 Å². The van der Waals surface area contributed by atoms with Gasteiger partial charge in [0.15, 0.2) is 28.6 Å². The Kier molecular flexibility index (Phi) is 7.05. The number of hydrogen-bond donors (Lipinski definition) is 1. The normalized spacial score (nSPS) is 11.6. The van der Waals surface area contributed by atoms with Crippen LogP contribution in [0.1, 0.15) is 22.8 Å². The number of carbonyl (C=O) groups is 2. The largest absolute Gasteiger partial charge is 0.493 e. The third-order valence-electron chi connectivity index (χ3n) is 5.70. The number of ether oxygens (including phenoxy) is 3. The van der Waals surface area contributed by atoms with E-state index in [1.54, 1.807) is 37.3 Å². The maximum Gasteiger partial charge on any atom is 0.342 e. The molecule has 0 aliphatic heterocycles. The van der Waals surface area contributed by atoms with E-state index < -0.39 is 18.0 Å². The van der Waals surface area contributed by atoms with E-state index in [0.717, 1.165) is 0 Å². The monoisotopic (exact) mass is 487 g/mol. The molecule has 8 nitrogen and oxygen atoms in total. The number of esters is 1. The van der Waals surface area contributed by atoms with Crippen molar-refractivity contribution in [3.8, 4) is 22.8 Å². The third-order valence-corrected chi connectivity index (χ3v) is 5.70. The van der Waals surface area contributed by atoms with Gasteiger partial charge in [0.1, 0.15) is 11.3 Å². The molecule has 0 spiro atoms. The maximum absolute atomic E-state index is 13.1. The number of hydrogen-bond acceptors (Lipinski definition) is 7. The Balaban J connectivity index is 1.60. The van der Waals surface area contributed by atoms with Crippen molar-refractivity contribution in [2.24, 2.45) is 0 Å². The molecule has 1 N–H and O–H groups in total. The Labute approximate surface area is 207 Å². The van der Waals surface area contributed by atoms with E-state index in [1.807, 2.05) is 30.3 Å². The lowest BCUT2D eigenvalue weighted by Crippen LogP contribution is -2.30. The molecule has 1 amide bonds. The molecule has 0 radical (unpaired) electrons. The Bertz CT molecular complexity index is 1490. The summed E-state index contributed by atoms with van der Waals surface area (Å²) in [5.74, 6) is -0.0139. The molecular formula is C28H25NO7. The number of rotatable bonds is 7. The molecule has 0 aliphatic carbocycles. The van der Waals surface area contributed by atoms with Crippen molar-refractivity contribution < 1.29 is 28.2 Å². The van der Waals surface area contributed by atoms with Gasteiger partial charge in [-0.25, -0.2) is 4.79 Å². The number of carbonyl (C=O) groups excluding carboxylic acids is 2. The van der Waals surface area contributed by atoms with Crippen LogP contribution in [0, 0.1) is 6.92 Å². The van der Waals surface area contributed by atoms with E-state index in [1.165, 1.54) is 27.2 Å². The van der Waals surface area contributed by atoms with E-state index in [9.17, 15) is 14.4 Å². The van der Waals surface area contributed by atoms with Crippen LogP contribution >= 0.6 is 0 Å².